The first-order valence-electron chi connectivity index (χ1n) is 10.1. The second-order valence-electron chi connectivity index (χ2n) is 7.93. The standard InChI is InChI=1S/C20H27N3O6/c1-4-5-6-7-28-17-10(2)15(24)14-13(16(17)25)11(9-29-19(21)26)20(27-3)18-12(22-18)8-23(14)20/h11-12,18,22H,4-9H2,1-3H3,(H2,21,26)/t11-,12?,18?,20-/m1/s1. The van der Waals surface area contributed by atoms with E-state index in [0.29, 0.717) is 30.0 Å². The smallest absolute Gasteiger partial charge is 0.404 e. The summed E-state index contributed by atoms with van der Waals surface area (Å²) in [7, 11) is 1.54. The molecular weight excluding hydrogens is 378 g/mol. The number of piperazine rings is 1. The first-order valence-corrected chi connectivity index (χ1v) is 10.1. The van der Waals surface area contributed by atoms with E-state index < -0.39 is 17.7 Å². The molecule has 9 heteroatoms. The summed E-state index contributed by atoms with van der Waals surface area (Å²) in [6.07, 6.45) is 1.87. The third-order valence-corrected chi connectivity index (χ3v) is 6.37. The topological polar surface area (TPSA) is 130 Å². The molecule has 0 aromatic heterocycles. The van der Waals surface area contributed by atoms with Crippen molar-refractivity contribution in [2.45, 2.75) is 50.9 Å². The lowest BCUT2D eigenvalue weighted by Crippen LogP contribution is -2.55. The van der Waals surface area contributed by atoms with Gasteiger partial charge in [-0.1, -0.05) is 19.8 Å². The Labute approximate surface area is 169 Å². The predicted molar refractivity (Wildman–Crippen MR) is 101 cm³/mol. The van der Waals surface area contributed by atoms with Gasteiger partial charge in [-0.3, -0.25) is 9.59 Å². The van der Waals surface area contributed by atoms with Gasteiger partial charge in [0.1, 0.15) is 6.61 Å². The molecule has 0 aromatic rings. The highest BCUT2D eigenvalue weighted by molar-refractivity contribution is 6.25. The second-order valence-corrected chi connectivity index (χ2v) is 7.93. The fraction of sp³-hybridized carbons (Fsp3) is 0.650. The zero-order chi connectivity index (χ0) is 20.9. The minimum atomic E-state index is -0.964. The van der Waals surface area contributed by atoms with E-state index in [1.165, 1.54) is 0 Å². The molecule has 4 aliphatic rings. The fourth-order valence-corrected chi connectivity index (χ4v) is 4.97. The molecule has 2 saturated heterocycles. The van der Waals surface area contributed by atoms with Crippen LogP contribution in [0.2, 0.25) is 0 Å². The number of nitrogens with one attached hydrogen (secondary N) is 1. The molecule has 0 bridgehead atoms. The summed E-state index contributed by atoms with van der Waals surface area (Å²) >= 11 is 0. The van der Waals surface area contributed by atoms with Gasteiger partial charge < -0.3 is 30.2 Å². The summed E-state index contributed by atoms with van der Waals surface area (Å²) in [6, 6.07) is 0.105. The van der Waals surface area contributed by atoms with Crippen molar-refractivity contribution in [2.24, 2.45) is 11.7 Å². The minimum Gasteiger partial charge on any atom is -0.489 e. The molecule has 0 spiro atoms. The Hall–Kier alpha value is -2.39. The number of Topliss-reactive ketones (excluding diaryl/α,β-unsaturated/α-hetero) is 2. The van der Waals surface area contributed by atoms with Crippen LogP contribution in [-0.2, 0) is 23.8 Å². The number of ketones is 2. The molecule has 2 unspecified atom stereocenters. The summed E-state index contributed by atoms with van der Waals surface area (Å²) in [4.78, 5) is 39.8. The number of nitrogens with two attached hydrogens (primary N) is 1. The Bertz CT molecular complexity index is 834. The Morgan fingerprint density at radius 2 is 2.07 bits per heavy atom. The SMILES string of the molecule is CCCCCOC1=C(C)C(=O)C2=C(C1=O)[C@@H](COC(N)=O)[C@@]1(OC)C3NC3CN21. The van der Waals surface area contributed by atoms with Crippen molar-refractivity contribution in [3.63, 3.8) is 0 Å². The van der Waals surface area contributed by atoms with Crippen molar-refractivity contribution in [1.29, 1.82) is 0 Å². The molecule has 4 rings (SSSR count). The monoisotopic (exact) mass is 405 g/mol. The van der Waals surface area contributed by atoms with Gasteiger partial charge in [0.15, 0.2) is 11.5 Å². The Balaban J connectivity index is 1.69. The molecule has 1 amide bonds. The Morgan fingerprint density at radius 1 is 1.31 bits per heavy atom. The maximum absolute atomic E-state index is 13.4. The van der Waals surface area contributed by atoms with Gasteiger partial charge in [0.05, 0.1) is 24.3 Å². The zero-order valence-electron chi connectivity index (χ0n) is 16.9. The van der Waals surface area contributed by atoms with Gasteiger partial charge in [-0.25, -0.2) is 4.79 Å². The van der Waals surface area contributed by atoms with Crippen molar-refractivity contribution in [3.8, 4) is 0 Å². The zero-order valence-corrected chi connectivity index (χ0v) is 16.9. The van der Waals surface area contributed by atoms with Gasteiger partial charge >= 0.3 is 6.09 Å². The van der Waals surface area contributed by atoms with Crippen molar-refractivity contribution in [2.75, 3.05) is 26.9 Å². The number of fused-ring (bicyclic) bond motifs is 4. The third kappa shape index (κ3) is 2.78. The fourth-order valence-electron chi connectivity index (χ4n) is 4.97. The lowest BCUT2D eigenvalue weighted by molar-refractivity contribution is -0.137. The van der Waals surface area contributed by atoms with Crippen LogP contribution in [-0.4, -0.2) is 67.2 Å². The van der Waals surface area contributed by atoms with Gasteiger partial charge in [-0.05, 0) is 13.3 Å². The highest BCUT2D eigenvalue weighted by Gasteiger charge is 2.72. The van der Waals surface area contributed by atoms with Crippen molar-refractivity contribution in [3.05, 3.63) is 22.6 Å². The molecule has 2 fully saturated rings. The first-order chi connectivity index (χ1) is 13.9. The van der Waals surface area contributed by atoms with Crippen molar-refractivity contribution in [1.82, 2.24) is 10.2 Å². The number of carbonyl (C=O) groups excluding carboxylic acids is 3. The molecule has 3 heterocycles. The number of primary amides is 1. The van der Waals surface area contributed by atoms with Gasteiger partial charge in [-0.2, -0.15) is 0 Å². The number of rotatable bonds is 8. The second kappa shape index (κ2) is 7.14. The van der Waals surface area contributed by atoms with E-state index in [1.54, 1.807) is 14.0 Å². The molecule has 3 aliphatic heterocycles. The van der Waals surface area contributed by atoms with E-state index >= 15 is 0 Å². The normalized spacial score (nSPS) is 32.4. The highest BCUT2D eigenvalue weighted by Crippen LogP contribution is 2.55. The molecule has 9 nitrogen and oxygen atoms in total. The molecule has 3 N–H and O–H groups in total. The van der Waals surface area contributed by atoms with Crippen LogP contribution in [0.1, 0.15) is 33.1 Å². The summed E-state index contributed by atoms with van der Waals surface area (Å²) in [5.41, 5.74) is 5.15. The van der Waals surface area contributed by atoms with Crippen LogP contribution in [0.4, 0.5) is 4.79 Å². The van der Waals surface area contributed by atoms with Crippen LogP contribution in [0, 0.1) is 5.92 Å². The minimum absolute atomic E-state index is 0.0607. The van der Waals surface area contributed by atoms with Crippen LogP contribution >= 0.6 is 0 Å². The molecule has 0 radical (unpaired) electrons. The number of hydrogen-bond donors (Lipinski definition) is 2. The van der Waals surface area contributed by atoms with Crippen LogP contribution in [0.5, 0.6) is 0 Å². The van der Waals surface area contributed by atoms with Gasteiger partial charge in [0.2, 0.25) is 11.6 Å². The summed E-state index contributed by atoms with van der Waals surface area (Å²) in [5.74, 6) is -1.13. The number of amides is 1. The van der Waals surface area contributed by atoms with Crippen LogP contribution in [0.15, 0.2) is 22.6 Å². The highest BCUT2D eigenvalue weighted by atomic mass is 16.6. The summed E-state index contributed by atoms with van der Waals surface area (Å²) < 4.78 is 16.8. The van der Waals surface area contributed by atoms with Crippen molar-refractivity contribution >= 4 is 17.7 Å². The quantitative estimate of drug-likeness (QED) is 0.341. The van der Waals surface area contributed by atoms with Crippen LogP contribution in [0.3, 0.4) is 0 Å². The third-order valence-electron chi connectivity index (χ3n) is 6.37. The maximum Gasteiger partial charge on any atom is 0.404 e. The lowest BCUT2D eigenvalue weighted by Gasteiger charge is -2.39. The van der Waals surface area contributed by atoms with Gasteiger partial charge in [-0.15, -0.1) is 0 Å². The summed E-state index contributed by atoms with van der Waals surface area (Å²) in [6.45, 7) is 4.47. The van der Waals surface area contributed by atoms with Gasteiger partial charge in [0.25, 0.3) is 0 Å². The molecule has 29 heavy (non-hydrogen) atoms. The van der Waals surface area contributed by atoms with E-state index in [9.17, 15) is 14.4 Å². The van der Waals surface area contributed by atoms with E-state index in [0.717, 1.165) is 19.3 Å². The van der Waals surface area contributed by atoms with E-state index in [4.69, 9.17) is 19.9 Å². The predicted octanol–water partition coefficient (Wildman–Crippen LogP) is 0.597. The number of hydrogen-bond acceptors (Lipinski definition) is 8. The maximum atomic E-state index is 13.4. The summed E-state index contributed by atoms with van der Waals surface area (Å²) in [5, 5.41) is 3.33. The number of unbranched alkanes of at least 4 members (excludes halogenated alkanes) is 2. The first kappa shape index (κ1) is 19.9. The van der Waals surface area contributed by atoms with E-state index in [1.807, 2.05) is 4.90 Å². The molecule has 0 aromatic carbocycles. The molecule has 1 aliphatic carbocycles. The molecule has 158 valence electrons. The van der Waals surface area contributed by atoms with Gasteiger partial charge in [0, 0.05) is 30.8 Å². The average molecular weight is 405 g/mol. The molecule has 4 atom stereocenters. The van der Waals surface area contributed by atoms with E-state index in [-0.39, 0.29) is 36.0 Å². The van der Waals surface area contributed by atoms with E-state index in [2.05, 4.69) is 12.2 Å². The Kier molecular flexibility index (Phi) is 4.90. The number of methoxy groups -OCH3 is 1. The largest absolute Gasteiger partial charge is 0.489 e. The lowest BCUT2D eigenvalue weighted by atomic mass is 9.83. The number of allylic oxidation sites excluding steroid dienone is 2. The number of carbonyl (C=O) groups is 3. The number of ether oxygens (including phenoxy) is 3. The van der Waals surface area contributed by atoms with Crippen molar-refractivity contribution < 1.29 is 28.6 Å². The Morgan fingerprint density at radius 3 is 2.72 bits per heavy atom. The molecular formula is C20H27N3O6. The number of nitrogens with zero attached hydrogens (tertiary/aromatic N) is 1. The average Bonchev–Trinajstić information content (AvgIpc) is 3.30. The molecule has 0 saturated carbocycles. The van der Waals surface area contributed by atoms with Crippen LogP contribution in [0.25, 0.3) is 0 Å². The van der Waals surface area contributed by atoms with Crippen LogP contribution < -0.4 is 11.1 Å².